The molecule has 0 saturated heterocycles. The number of aryl methyl sites for hydroxylation is 3. The highest BCUT2D eigenvalue weighted by Gasteiger charge is 2.14. The van der Waals surface area contributed by atoms with E-state index in [1.807, 2.05) is 26.0 Å². The second kappa shape index (κ2) is 6.69. The van der Waals surface area contributed by atoms with E-state index < -0.39 is 0 Å². The number of para-hydroxylation sites is 1. The molecule has 1 aromatic heterocycles. The third-order valence-electron chi connectivity index (χ3n) is 4.05. The van der Waals surface area contributed by atoms with E-state index in [1.54, 1.807) is 31.2 Å². The smallest absolute Gasteiger partial charge is 0.261 e. The highest BCUT2D eigenvalue weighted by atomic mass is 35.5. The lowest BCUT2D eigenvalue weighted by Gasteiger charge is -2.14. The highest BCUT2D eigenvalue weighted by Crippen LogP contribution is 2.27. The first-order valence-corrected chi connectivity index (χ1v) is 8.27. The summed E-state index contributed by atoms with van der Waals surface area (Å²) in [4.78, 5) is 29.5. The Morgan fingerprint density at radius 3 is 2.64 bits per heavy atom. The van der Waals surface area contributed by atoms with Crippen molar-refractivity contribution in [3.63, 3.8) is 0 Å². The van der Waals surface area contributed by atoms with Gasteiger partial charge in [0.15, 0.2) is 0 Å². The van der Waals surface area contributed by atoms with E-state index in [0.717, 1.165) is 11.1 Å². The molecule has 0 fully saturated rings. The Morgan fingerprint density at radius 2 is 1.92 bits per heavy atom. The van der Waals surface area contributed by atoms with Gasteiger partial charge in [-0.15, -0.1) is 0 Å². The molecule has 0 spiro atoms. The van der Waals surface area contributed by atoms with Crippen LogP contribution >= 0.6 is 11.6 Å². The summed E-state index contributed by atoms with van der Waals surface area (Å²) in [5.41, 5.74) is 2.85. The van der Waals surface area contributed by atoms with E-state index >= 15 is 0 Å². The normalized spacial score (nSPS) is 10.9. The molecule has 3 aromatic rings. The van der Waals surface area contributed by atoms with Crippen molar-refractivity contribution in [1.29, 1.82) is 0 Å². The lowest BCUT2D eigenvalue weighted by atomic mass is 10.1. The molecule has 0 atom stereocenters. The van der Waals surface area contributed by atoms with Gasteiger partial charge in [-0.3, -0.25) is 14.2 Å². The van der Waals surface area contributed by atoms with Crippen molar-refractivity contribution >= 4 is 34.1 Å². The van der Waals surface area contributed by atoms with Gasteiger partial charge in [0.05, 0.1) is 21.6 Å². The molecule has 0 aliphatic heterocycles. The molecule has 1 N–H and O–H groups in total. The van der Waals surface area contributed by atoms with E-state index in [-0.39, 0.29) is 18.0 Å². The van der Waals surface area contributed by atoms with Crippen molar-refractivity contribution in [3.05, 3.63) is 68.7 Å². The largest absolute Gasteiger partial charge is 0.323 e. The number of amides is 1. The Hall–Kier alpha value is -2.66. The molecule has 25 heavy (non-hydrogen) atoms. The summed E-state index contributed by atoms with van der Waals surface area (Å²) < 4.78 is 1.37. The van der Waals surface area contributed by atoms with Crippen LogP contribution in [0.4, 0.5) is 5.69 Å². The lowest BCUT2D eigenvalue weighted by molar-refractivity contribution is -0.116. The van der Waals surface area contributed by atoms with Crippen LogP contribution in [-0.2, 0) is 11.3 Å². The Kier molecular flexibility index (Phi) is 4.59. The van der Waals surface area contributed by atoms with Crippen LogP contribution in [0.25, 0.3) is 10.9 Å². The monoisotopic (exact) mass is 355 g/mol. The average molecular weight is 356 g/mol. The van der Waals surface area contributed by atoms with Crippen LogP contribution in [-0.4, -0.2) is 15.5 Å². The maximum atomic E-state index is 12.6. The molecule has 0 radical (unpaired) electrons. The quantitative estimate of drug-likeness (QED) is 0.780. The van der Waals surface area contributed by atoms with Crippen LogP contribution < -0.4 is 10.9 Å². The molecule has 0 unspecified atom stereocenters. The zero-order chi connectivity index (χ0) is 18.1. The summed E-state index contributed by atoms with van der Waals surface area (Å²) >= 11 is 6.23. The van der Waals surface area contributed by atoms with Gasteiger partial charge in [0.1, 0.15) is 12.4 Å². The molecule has 5 nitrogen and oxygen atoms in total. The molecule has 2 aromatic carbocycles. The summed E-state index contributed by atoms with van der Waals surface area (Å²) in [6.45, 7) is 5.41. The van der Waals surface area contributed by atoms with Crippen molar-refractivity contribution in [3.8, 4) is 0 Å². The molecule has 0 aliphatic carbocycles. The minimum atomic E-state index is -0.323. The summed E-state index contributed by atoms with van der Waals surface area (Å²) in [6.07, 6.45) is 0. The number of nitrogens with zero attached hydrogens (tertiary/aromatic N) is 2. The maximum Gasteiger partial charge on any atom is 0.261 e. The highest BCUT2D eigenvalue weighted by molar-refractivity contribution is 6.34. The fraction of sp³-hybridized carbons (Fsp3) is 0.211. The number of hydrogen-bond acceptors (Lipinski definition) is 3. The number of carbonyl (C=O) groups excluding carboxylic acids is 1. The standard InChI is InChI=1S/C19H18ClN3O2/c1-11-8-12(2)18(15(20)9-11)22-17(24)10-23-13(3)21-16-7-5-4-6-14(16)19(23)25/h4-9H,10H2,1-3H3,(H,22,24). The predicted molar refractivity (Wildman–Crippen MR) is 100 cm³/mol. The van der Waals surface area contributed by atoms with Crippen LogP contribution in [0.1, 0.15) is 17.0 Å². The van der Waals surface area contributed by atoms with Crippen LogP contribution in [0.3, 0.4) is 0 Å². The second-order valence-electron chi connectivity index (χ2n) is 6.05. The molecular weight excluding hydrogens is 338 g/mol. The van der Waals surface area contributed by atoms with E-state index in [2.05, 4.69) is 10.3 Å². The molecule has 6 heteroatoms. The third kappa shape index (κ3) is 3.42. The number of nitrogens with one attached hydrogen (secondary N) is 1. The second-order valence-corrected chi connectivity index (χ2v) is 6.46. The molecule has 3 rings (SSSR count). The van der Waals surface area contributed by atoms with E-state index in [0.29, 0.717) is 27.4 Å². The molecular formula is C19H18ClN3O2. The van der Waals surface area contributed by atoms with Crippen LogP contribution in [0.5, 0.6) is 0 Å². The number of aromatic nitrogens is 2. The molecule has 0 bridgehead atoms. The van der Waals surface area contributed by atoms with Gasteiger partial charge in [-0.2, -0.15) is 0 Å². The topological polar surface area (TPSA) is 64.0 Å². The van der Waals surface area contributed by atoms with Crippen molar-refractivity contribution in [1.82, 2.24) is 9.55 Å². The van der Waals surface area contributed by atoms with Crippen LogP contribution in [0.2, 0.25) is 5.02 Å². The first-order chi connectivity index (χ1) is 11.9. The van der Waals surface area contributed by atoms with Gasteiger partial charge in [0, 0.05) is 0 Å². The van der Waals surface area contributed by atoms with Crippen molar-refractivity contribution < 1.29 is 4.79 Å². The minimum absolute atomic E-state index is 0.119. The number of benzene rings is 2. The fourth-order valence-corrected chi connectivity index (χ4v) is 3.23. The molecule has 1 heterocycles. The van der Waals surface area contributed by atoms with Gasteiger partial charge in [-0.1, -0.05) is 29.8 Å². The van der Waals surface area contributed by atoms with Crippen molar-refractivity contribution in [2.75, 3.05) is 5.32 Å². The number of hydrogen-bond donors (Lipinski definition) is 1. The minimum Gasteiger partial charge on any atom is -0.323 e. The fourth-order valence-electron chi connectivity index (χ4n) is 2.86. The Balaban J connectivity index is 1.92. The SMILES string of the molecule is Cc1cc(C)c(NC(=O)Cn2c(C)nc3ccccc3c2=O)c(Cl)c1. The van der Waals surface area contributed by atoms with E-state index in [4.69, 9.17) is 11.6 Å². The number of carbonyl (C=O) groups is 1. The van der Waals surface area contributed by atoms with Gasteiger partial charge in [0.25, 0.3) is 5.56 Å². The number of rotatable bonds is 3. The third-order valence-corrected chi connectivity index (χ3v) is 4.35. The lowest BCUT2D eigenvalue weighted by Crippen LogP contribution is -2.30. The van der Waals surface area contributed by atoms with Gasteiger partial charge in [0.2, 0.25) is 5.91 Å². The van der Waals surface area contributed by atoms with E-state index in [9.17, 15) is 9.59 Å². The number of fused-ring (bicyclic) bond motifs is 1. The Morgan fingerprint density at radius 1 is 1.20 bits per heavy atom. The molecule has 128 valence electrons. The zero-order valence-electron chi connectivity index (χ0n) is 14.3. The predicted octanol–water partition coefficient (Wildman–Crippen LogP) is 3.61. The Labute approximate surface area is 150 Å². The van der Waals surface area contributed by atoms with Crippen molar-refractivity contribution in [2.45, 2.75) is 27.3 Å². The maximum absolute atomic E-state index is 12.6. The molecule has 1 amide bonds. The summed E-state index contributed by atoms with van der Waals surface area (Å²) in [5.74, 6) is 0.168. The number of anilines is 1. The van der Waals surface area contributed by atoms with Crippen molar-refractivity contribution in [2.24, 2.45) is 0 Å². The Bertz CT molecular complexity index is 1020. The summed E-state index contributed by atoms with van der Waals surface area (Å²) in [7, 11) is 0. The van der Waals surface area contributed by atoms with Gasteiger partial charge >= 0.3 is 0 Å². The average Bonchev–Trinajstić information content (AvgIpc) is 2.55. The van der Waals surface area contributed by atoms with Crippen LogP contribution in [0.15, 0.2) is 41.2 Å². The van der Waals surface area contributed by atoms with Gasteiger partial charge in [-0.25, -0.2) is 4.98 Å². The van der Waals surface area contributed by atoms with Crippen LogP contribution in [0, 0.1) is 20.8 Å². The zero-order valence-corrected chi connectivity index (χ0v) is 15.0. The first kappa shape index (κ1) is 17.2. The van der Waals surface area contributed by atoms with Gasteiger partial charge in [-0.05, 0) is 50.1 Å². The van der Waals surface area contributed by atoms with Gasteiger partial charge < -0.3 is 5.32 Å². The summed E-state index contributed by atoms with van der Waals surface area (Å²) in [5, 5.41) is 3.77. The molecule has 0 aliphatic rings. The first-order valence-electron chi connectivity index (χ1n) is 7.89. The summed E-state index contributed by atoms with van der Waals surface area (Å²) in [6, 6.07) is 10.8. The van der Waals surface area contributed by atoms with E-state index in [1.165, 1.54) is 4.57 Å². The molecule has 0 saturated carbocycles. The number of halogens is 1.